The smallest absolute Gasteiger partial charge is 0.408 e. The number of carbonyl (C=O) groups is 2. The number of nitrogens with zero attached hydrogens (tertiary/aromatic N) is 2. The van der Waals surface area contributed by atoms with Crippen molar-refractivity contribution in [1.29, 1.82) is 0 Å². The standard InChI is InChI=1S/C15H16ClN5O4/c16-12-11(17)13(20-8-19-12)18-6-10(14(22)23)21-15(24)25-7-9-4-2-1-3-5-9/h1-5,8,10H,6-7,17H2,(H,21,24)(H,22,23)(H,18,19,20)/t10-/m0/s1. The van der Waals surface area contributed by atoms with Crippen LogP contribution in [0.4, 0.5) is 16.3 Å². The second kappa shape index (κ2) is 8.69. The summed E-state index contributed by atoms with van der Waals surface area (Å²) < 4.78 is 4.99. The van der Waals surface area contributed by atoms with Crippen molar-refractivity contribution >= 4 is 35.2 Å². The fourth-order valence-corrected chi connectivity index (χ4v) is 1.95. The maximum Gasteiger partial charge on any atom is 0.408 e. The molecule has 0 aliphatic carbocycles. The van der Waals surface area contributed by atoms with Crippen molar-refractivity contribution < 1.29 is 19.4 Å². The molecule has 10 heteroatoms. The van der Waals surface area contributed by atoms with E-state index in [9.17, 15) is 14.7 Å². The fraction of sp³-hybridized carbons (Fsp3) is 0.200. The molecule has 1 heterocycles. The number of carboxylic acids is 1. The highest BCUT2D eigenvalue weighted by atomic mass is 35.5. The number of carbonyl (C=O) groups excluding carboxylic acids is 1. The molecule has 0 fully saturated rings. The second-order valence-corrected chi connectivity index (χ2v) is 5.26. The van der Waals surface area contributed by atoms with E-state index in [1.807, 2.05) is 6.07 Å². The number of hydrogen-bond acceptors (Lipinski definition) is 7. The van der Waals surface area contributed by atoms with E-state index in [1.54, 1.807) is 24.3 Å². The van der Waals surface area contributed by atoms with Crippen LogP contribution in [-0.4, -0.2) is 39.7 Å². The van der Waals surface area contributed by atoms with Crippen molar-refractivity contribution in [2.75, 3.05) is 17.6 Å². The highest BCUT2D eigenvalue weighted by molar-refractivity contribution is 6.32. The Morgan fingerprint density at radius 3 is 2.68 bits per heavy atom. The van der Waals surface area contributed by atoms with Crippen LogP contribution in [0.1, 0.15) is 5.56 Å². The third-order valence-corrected chi connectivity index (χ3v) is 3.41. The van der Waals surface area contributed by atoms with E-state index < -0.39 is 18.1 Å². The molecule has 0 aliphatic rings. The largest absolute Gasteiger partial charge is 0.480 e. The van der Waals surface area contributed by atoms with Gasteiger partial charge in [-0.25, -0.2) is 19.6 Å². The number of rotatable bonds is 7. The van der Waals surface area contributed by atoms with E-state index in [-0.39, 0.29) is 29.8 Å². The van der Waals surface area contributed by atoms with Crippen LogP contribution in [0.2, 0.25) is 5.15 Å². The van der Waals surface area contributed by atoms with Gasteiger partial charge in [0, 0.05) is 6.54 Å². The summed E-state index contributed by atoms with van der Waals surface area (Å²) in [6, 6.07) is 7.75. The highest BCUT2D eigenvalue weighted by Gasteiger charge is 2.21. The van der Waals surface area contributed by atoms with Crippen LogP contribution < -0.4 is 16.4 Å². The third kappa shape index (κ3) is 5.50. The molecule has 25 heavy (non-hydrogen) atoms. The summed E-state index contributed by atoms with van der Waals surface area (Å²) in [5.41, 5.74) is 6.55. The zero-order valence-electron chi connectivity index (χ0n) is 13.0. The number of nitrogen functional groups attached to an aromatic ring is 1. The highest BCUT2D eigenvalue weighted by Crippen LogP contribution is 2.21. The summed E-state index contributed by atoms with van der Waals surface area (Å²) >= 11 is 5.75. The molecule has 0 aliphatic heterocycles. The van der Waals surface area contributed by atoms with Gasteiger partial charge in [0.2, 0.25) is 0 Å². The Hall–Kier alpha value is -3.07. The first-order valence-corrected chi connectivity index (χ1v) is 7.55. The number of hydrogen-bond donors (Lipinski definition) is 4. The van der Waals surface area contributed by atoms with E-state index in [0.717, 1.165) is 5.56 Å². The van der Waals surface area contributed by atoms with E-state index in [0.29, 0.717) is 0 Å². The van der Waals surface area contributed by atoms with E-state index in [2.05, 4.69) is 20.6 Å². The summed E-state index contributed by atoms with van der Waals surface area (Å²) in [7, 11) is 0. The number of nitrogens with one attached hydrogen (secondary N) is 2. The summed E-state index contributed by atoms with van der Waals surface area (Å²) in [4.78, 5) is 30.6. The monoisotopic (exact) mass is 365 g/mol. The predicted molar refractivity (Wildman–Crippen MR) is 91.1 cm³/mol. The number of aliphatic carboxylic acids is 1. The number of amides is 1. The maximum atomic E-state index is 11.8. The molecule has 0 saturated carbocycles. The van der Waals surface area contributed by atoms with Crippen LogP contribution >= 0.6 is 11.6 Å². The first kappa shape index (κ1) is 18.3. The molecule has 0 unspecified atom stereocenters. The van der Waals surface area contributed by atoms with Gasteiger partial charge in [-0.1, -0.05) is 41.9 Å². The minimum absolute atomic E-state index is 0.0287. The predicted octanol–water partition coefficient (Wildman–Crippen LogP) is 1.50. The summed E-state index contributed by atoms with van der Waals surface area (Å²) in [5, 5.41) is 14.2. The molecule has 2 rings (SSSR count). The minimum atomic E-state index is -1.25. The zero-order valence-corrected chi connectivity index (χ0v) is 13.7. The molecular formula is C15H16ClN5O4. The van der Waals surface area contributed by atoms with Crippen molar-refractivity contribution in [3.05, 3.63) is 47.4 Å². The molecule has 1 aromatic carbocycles. The van der Waals surface area contributed by atoms with Crippen molar-refractivity contribution in [3.63, 3.8) is 0 Å². The number of carboxylic acid groups (broad SMARTS) is 1. The molecule has 0 saturated heterocycles. The molecule has 1 aromatic heterocycles. The normalized spacial score (nSPS) is 11.4. The van der Waals surface area contributed by atoms with Gasteiger partial charge in [-0.05, 0) is 5.56 Å². The van der Waals surface area contributed by atoms with Crippen molar-refractivity contribution in [1.82, 2.24) is 15.3 Å². The number of nitrogens with two attached hydrogens (primary N) is 1. The Bertz CT molecular complexity index is 744. The van der Waals surface area contributed by atoms with Gasteiger partial charge in [-0.2, -0.15) is 0 Å². The van der Waals surface area contributed by atoms with Crippen molar-refractivity contribution in [2.45, 2.75) is 12.6 Å². The van der Waals surface area contributed by atoms with Gasteiger partial charge in [0.1, 0.15) is 24.7 Å². The molecule has 0 spiro atoms. The van der Waals surface area contributed by atoms with Crippen molar-refractivity contribution in [3.8, 4) is 0 Å². The Labute approximate surface area is 148 Å². The molecule has 0 bridgehead atoms. The summed E-state index contributed by atoms with van der Waals surface area (Å²) in [6.45, 7) is -0.145. The van der Waals surface area contributed by atoms with Crippen LogP contribution in [0.3, 0.4) is 0 Å². The van der Waals surface area contributed by atoms with Gasteiger partial charge >= 0.3 is 12.1 Å². The van der Waals surface area contributed by atoms with Crippen LogP contribution in [0.15, 0.2) is 36.7 Å². The topological polar surface area (TPSA) is 139 Å². The zero-order chi connectivity index (χ0) is 18.2. The lowest BCUT2D eigenvalue weighted by Crippen LogP contribution is -2.45. The number of benzene rings is 1. The Morgan fingerprint density at radius 2 is 2.00 bits per heavy atom. The lowest BCUT2D eigenvalue weighted by molar-refractivity contribution is -0.139. The third-order valence-electron chi connectivity index (χ3n) is 3.11. The minimum Gasteiger partial charge on any atom is -0.480 e. The first-order chi connectivity index (χ1) is 12.0. The van der Waals surface area contributed by atoms with Crippen molar-refractivity contribution in [2.24, 2.45) is 0 Å². The number of ether oxygens (including phenoxy) is 1. The molecule has 2 aromatic rings. The molecular weight excluding hydrogens is 350 g/mol. The quantitative estimate of drug-likeness (QED) is 0.541. The lowest BCUT2D eigenvalue weighted by atomic mass is 10.2. The Morgan fingerprint density at radius 1 is 1.28 bits per heavy atom. The molecule has 132 valence electrons. The van der Waals surface area contributed by atoms with Crippen LogP contribution in [0.5, 0.6) is 0 Å². The Balaban J connectivity index is 1.88. The Kier molecular flexibility index (Phi) is 6.35. The number of anilines is 2. The van der Waals surface area contributed by atoms with Gasteiger partial charge < -0.3 is 26.2 Å². The molecule has 5 N–H and O–H groups in total. The SMILES string of the molecule is Nc1c(Cl)ncnc1NC[C@H](NC(=O)OCc1ccccc1)C(=O)O. The van der Waals surface area contributed by atoms with Gasteiger partial charge in [0.05, 0.1) is 0 Å². The van der Waals surface area contributed by atoms with Gasteiger partial charge in [-0.15, -0.1) is 0 Å². The molecule has 0 radical (unpaired) electrons. The van der Waals surface area contributed by atoms with E-state index in [4.69, 9.17) is 22.1 Å². The average Bonchev–Trinajstić information content (AvgIpc) is 2.60. The summed E-state index contributed by atoms with van der Waals surface area (Å²) in [5.74, 6) is -1.08. The maximum absolute atomic E-state index is 11.8. The molecule has 1 amide bonds. The average molecular weight is 366 g/mol. The van der Waals surface area contributed by atoms with Gasteiger partial charge in [0.15, 0.2) is 11.0 Å². The first-order valence-electron chi connectivity index (χ1n) is 7.17. The fourth-order valence-electron chi connectivity index (χ4n) is 1.82. The van der Waals surface area contributed by atoms with Gasteiger partial charge in [-0.3, -0.25) is 0 Å². The lowest BCUT2D eigenvalue weighted by Gasteiger charge is -2.16. The number of alkyl carbamates (subject to hydrolysis) is 1. The second-order valence-electron chi connectivity index (χ2n) is 4.90. The molecule has 9 nitrogen and oxygen atoms in total. The molecule has 1 atom stereocenters. The van der Waals surface area contributed by atoms with Gasteiger partial charge in [0.25, 0.3) is 0 Å². The number of halogens is 1. The van der Waals surface area contributed by atoms with Crippen LogP contribution in [0, 0.1) is 0 Å². The van der Waals surface area contributed by atoms with Crippen LogP contribution in [-0.2, 0) is 16.1 Å². The summed E-state index contributed by atoms with van der Waals surface area (Å²) in [6.07, 6.45) is 0.324. The van der Waals surface area contributed by atoms with E-state index >= 15 is 0 Å². The number of aromatic nitrogens is 2. The van der Waals surface area contributed by atoms with E-state index in [1.165, 1.54) is 6.33 Å². The van der Waals surface area contributed by atoms with Crippen LogP contribution in [0.25, 0.3) is 0 Å².